The summed E-state index contributed by atoms with van der Waals surface area (Å²) in [7, 11) is 0. The van der Waals surface area contributed by atoms with Crippen molar-refractivity contribution in [3.05, 3.63) is 57.0 Å². The van der Waals surface area contributed by atoms with Crippen molar-refractivity contribution in [3.63, 3.8) is 0 Å². The molecule has 0 aromatic carbocycles. The summed E-state index contributed by atoms with van der Waals surface area (Å²) in [5.41, 5.74) is -0.228. The molecule has 2 N–H and O–H groups in total. The third kappa shape index (κ3) is 2.69. The number of aromatic nitrogens is 2. The highest BCUT2D eigenvalue weighted by Crippen LogP contribution is 2.25. The SMILES string of the molecule is O=c1c(Br)cc(C(O)(O)Br)cn1-c1ccccn1. The second-order valence-electron chi connectivity index (χ2n) is 3.53. The number of nitrogens with zero attached hydrogens (tertiary/aromatic N) is 2. The fourth-order valence-corrected chi connectivity index (χ4v) is 2.04. The molecule has 0 unspecified atom stereocenters. The maximum atomic E-state index is 11.9. The molecule has 0 saturated heterocycles. The molecule has 0 amide bonds. The summed E-state index contributed by atoms with van der Waals surface area (Å²) in [6, 6.07) is 6.42. The summed E-state index contributed by atoms with van der Waals surface area (Å²) >= 11 is 5.79. The summed E-state index contributed by atoms with van der Waals surface area (Å²) < 4.78 is -0.778. The molecule has 0 aliphatic rings. The summed E-state index contributed by atoms with van der Waals surface area (Å²) in [6.07, 6.45) is 2.85. The molecule has 18 heavy (non-hydrogen) atoms. The van der Waals surface area contributed by atoms with Crippen molar-refractivity contribution in [2.24, 2.45) is 0 Å². The number of rotatable bonds is 2. The zero-order valence-electron chi connectivity index (χ0n) is 8.92. The predicted octanol–water partition coefficient (Wildman–Crippen LogP) is 1.48. The van der Waals surface area contributed by atoms with Crippen LogP contribution in [0.4, 0.5) is 0 Å². The molecule has 2 heterocycles. The highest BCUT2D eigenvalue weighted by atomic mass is 79.9. The lowest BCUT2D eigenvalue weighted by molar-refractivity contribution is -0.0745. The van der Waals surface area contributed by atoms with Gasteiger partial charge in [0.2, 0.25) is 0 Å². The van der Waals surface area contributed by atoms with E-state index in [1.54, 1.807) is 24.4 Å². The van der Waals surface area contributed by atoms with Crippen molar-refractivity contribution >= 4 is 31.9 Å². The molecule has 0 aliphatic heterocycles. The lowest BCUT2D eigenvalue weighted by atomic mass is 10.2. The lowest BCUT2D eigenvalue weighted by Gasteiger charge is -2.16. The van der Waals surface area contributed by atoms with Gasteiger partial charge in [-0.3, -0.25) is 9.36 Å². The largest absolute Gasteiger partial charge is 0.353 e. The molecule has 0 saturated carbocycles. The van der Waals surface area contributed by atoms with E-state index < -0.39 is 4.70 Å². The maximum Gasteiger partial charge on any atom is 0.270 e. The minimum atomic E-state index is -2.21. The zero-order valence-corrected chi connectivity index (χ0v) is 12.1. The predicted molar refractivity (Wildman–Crippen MR) is 72.6 cm³/mol. The van der Waals surface area contributed by atoms with Gasteiger partial charge in [0.05, 0.1) is 4.47 Å². The van der Waals surface area contributed by atoms with Crippen molar-refractivity contribution in [2.75, 3.05) is 0 Å². The molecule has 94 valence electrons. The molecule has 7 heteroatoms. The average molecular weight is 376 g/mol. The van der Waals surface area contributed by atoms with Crippen LogP contribution in [0, 0.1) is 0 Å². The van der Waals surface area contributed by atoms with Crippen LogP contribution >= 0.6 is 31.9 Å². The Balaban J connectivity index is 2.68. The molecule has 0 radical (unpaired) electrons. The number of aliphatic hydroxyl groups is 2. The first-order valence-electron chi connectivity index (χ1n) is 4.87. The minimum absolute atomic E-state index is 0.111. The summed E-state index contributed by atoms with van der Waals surface area (Å²) in [5.74, 6) is 0.391. The number of alkyl halides is 1. The van der Waals surface area contributed by atoms with E-state index in [-0.39, 0.29) is 15.6 Å². The molecule has 5 nitrogen and oxygen atoms in total. The van der Waals surface area contributed by atoms with Crippen LogP contribution in [-0.4, -0.2) is 19.8 Å². The first-order chi connectivity index (χ1) is 8.39. The van der Waals surface area contributed by atoms with Crippen LogP contribution in [0.15, 0.2) is 45.9 Å². The van der Waals surface area contributed by atoms with Crippen molar-refractivity contribution in [3.8, 4) is 5.82 Å². The molecule has 0 fully saturated rings. The van der Waals surface area contributed by atoms with Gasteiger partial charge in [0.1, 0.15) is 5.82 Å². The van der Waals surface area contributed by atoms with E-state index >= 15 is 0 Å². The van der Waals surface area contributed by atoms with E-state index in [0.29, 0.717) is 5.82 Å². The van der Waals surface area contributed by atoms with Crippen LogP contribution in [0.5, 0.6) is 0 Å². The van der Waals surface area contributed by atoms with E-state index in [1.165, 1.54) is 16.8 Å². The van der Waals surface area contributed by atoms with Gasteiger partial charge in [-0.2, -0.15) is 0 Å². The van der Waals surface area contributed by atoms with Crippen molar-refractivity contribution in [1.29, 1.82) is 0 Å². The summed E-state index contributed by atoms with van der Waals surface area (Å²) in [6.45, 7) is 0. The van der Waals surface area contributed by atoms with E-state index in [1.807, 2.05) is 0 Å². The fraction of sp³-hybridized carbons (Fsp3) is 0.0909. The molecule has 2 rings (SSSR count). The minimum Gasteiger partial charge on any atom is -0.353 e. The van der Waals surface area contributed by atoms with E-state index in [0.717, 1.165) is 0 Å². The van der Waals surface area contributed by atoms with E-state index in [2.05, 4.69) is 36.8 Å². The van der Waals surface area contributed by atoms with Gasteiger partial charge in [0, 0.05) is 18.0 Å². The highest BCUT2D eigenvalue weighted by molar-refractivity contribution is 9.10. The van der Waals surface area contributed by atoms with Crippen LogP contribution in [0.1, 0.15) is 5.56 Å². The molecule has 0 aliphatic carbocycles. The molecular formula is C11H8Br2N2O3. The normalized spacial score (nSPS) is 11.6. The van der Waals surface area contributed by atoms with Crippen LogP contribution in [-0.2, 0) is 4.70 Å². The Hall–Kier alpha value is -1.02. The number of pyridine rings is 2. The van der Waals surface area contributed by atoms with Crippen LogP contribution in [0.2, 0.25) is 0 Å². The van der Waals surface area contributed by atoms with Crippen LogP contribution in [0.25, 0.3) is 5.82 Å². The van der Waals surface area contributed by atoms with Gasteiger partial charge in [-0.15, -0.1) is 0 Å². The van der Waals surface area contributed by atoms with Gasteiger partial charge in [-0.25, -0.2) is 4.98 Å². The summed E-state index contributed by atoms with van der Waals surface area (Å²) in [5, 5.41) is 19.0. The quantitative estimate of drug-likeness (QED) is 0.615. The Kier molecular flexibility index (Phi) is 3.67. The lowest BCUT2D eigenvalue weighted by Crippen LogP contribution is -2.24. The number of hydrogen-bond acceptors (Lipinski definition) is 4. The first-order valence-corrected chi connectivity index (χ1v) is 6.46. The Morgan fingerprint density at radius 2 is 2.06 bits per heavy atom. The summed E-state index contributed by atoms with van der Waals surface area (Å²) in [4.78, 5) is 16.0. The van der Waals surface area contributed by atoms with E-state index in [9.17, 15) is 15.0 Å². The van der Waals surface area contributed by atoms with Gasteiger partial charge in [-0.05, 0) is 50.1 Å². The van der Waals surface area contributed by atoms with Crippen molar-refractivity contribution in [2.45, 2.75) is 4.70 Å². The monoisotopic (exact) mass is 374 g/mol. The standard InChI is InChI=1S/C11H8Br2N2O3/c12-8-5-7(11(13,17)18)6-15(10(8)16)9-3-1-2-4-14-9/h1-6,17-18H. The highest BCUT2D eigenvalue weighted by Gasteiger charge is 2.23. The average Bonchev–Trinajstić information content (AvgIpc) is 2.32. The Morgan fingerprint density at radius 3 is 2.61 bits per heavy atom. The molecule has 2 aromatic rings. The smallest absolute Gasteiger partial charge is 0.270 e. The molecule has 0 bridgehead atoms. The molecule has 0 atom stereocenters. The van der Waals surface area contributed by atoms with Gasteiger partial charge < -0.3 is 10.2 Å². The maximum absolute atomic E-state index is 11.9. The Morgan fingerprint density at radius 1 is 1.33 bits per heavy atom. The fourth-order valence-electron chi connectivity index (χ4n) is 1.39. The molecular weight excluding hydrogens is 368 g/mol. The number of halogens is 2. The third-order valence-corrected chi connectivity index (χ3v) is 3.26. The van der Waals surface area contributed by atoms with Crippen LogP contribution < -0.4 is 5.56 Å². The van der Waals surface area contributed by atoms with Gasteiger partial charge in [-0.1, -0.05) is 6.07 Å². The van der Waals surface area contributed by atoms with Crippen LogP contribution in [0.3, 0.4) is 0 Å². The van der Waals surface area contributed by atoms with Crippen molar-refractivity contribution < 1.29 is 10.2 Å². The topological polar surface area (TPSA) is 75.3 Å². The Labute approximate surface area is 119 Å². The second kappa shape index (κ2) is 4.93. The number of hydrogen-bond donors (Lipinski definition) is 2. The first kappa shape index (κ1) is 13.4. The van der Waals surface area contributed by atoms with Gasteiger partial charge >= 0.3 is 0 Å². The van der Waals surface area contributed by atoms with Gasteiger partial charge in [0.15, 0.2) is 0 Å². The Bertz CT molecular complexity index is 620. The van der Waals surface area contributed by atoms with E-state index in [4.69, 9.17) is 0 Å². The third-order valence-electron chi connectivity index (χ3n) is 2.24. The molecule has 2 aromatic heterocycles. The van der Waals surface area contributed by atoms with Gasteiger partial charge in [0.25, 0.3) is 10.3 Å². The molecule has 0 spiro atoms. The van der Waals surface area contributed by atoms with Crippen molar-refractivity contribution in [1.82, 2.24) is 9.55 Å². The second-order valence-corrected chi connectivity index (χ2v) is 5.49. The zero-order chi connectivity index (χ0) is 13.3.